The molecule has 0 aromatic carbocycles. The first kappa shape index (κ1) is 25.3. The Morgan fingerprint density at radius 1 is 0.692 bits per heavy atom. The highest BCUT2D eigenvalue weighted by Gasteiger charge is 2.15. The molecular weight excluding hydrogens is 322 g/mol. The second-order valence-electron chi connectivity index (χ2n) is 8.18. The smallest absolute Gasteiger partial charge is 0.198 e. The fourth-order valence-electron chi connectivity index (χ4n) is 3.33. The van der Waals surface area contributed by atoms with E-state index in [0.29, 0.717) is 12.8 Å². The van der Waals surface area contributed by atoms with E-state index in [9.17, 15) is 9.59 Å². The van der Waals surface area contributed by atoms with Crippen LogP contribution in [0.3, 0.4) is 0 Å². The normalized spacial score (nSPS) is 12.5. The van der Waals surface area contributed by atoms with Gasteiger partial charge >= 0.3 is 0 Å². The fourth-order valence-corrected chi connectivity index (χ4v) is 3.33. The van der Waals surface area contributed by atoms with Crippen LogP contribution < -0.4 is 5.73 Å². The predicted molar refractivity (Wildman–Crippen MR) is 112 cm³/mol. The SMILES string of the molecule is CC(C)[C@H](N)C(=O)CCCCCCCCCCCCCCCCC[C]=O. The van der Waals surface area contributed by atoms with Crippen LogP contribution >= 0.6 is 0 Å². The van der Waals surface area contributed by atoms with Gasteiger partial charge in [-0.1, -0.05) is 97.3 Å². The molecule has 0 aromatic heterocycles. The summed E-state index contributed by atoms with van der Waals surface area (Å²) in [5.74, 6) is 0.495. The van der Waals surface area contributed by atoms with Crippen LogP contribution in [-0.4, -0.2) is 18.1 Å². The number of Topliss-reactive ketones (excluding diaryl/α,β-unsaturated/α-hetero) is 1. The number of carbonyl (C=O) groups excluding carboxylic acids is 2. The van der Waals surface area contributed by atoms with E-state index in [2.05, 4.69) is 0 Å². The maximum Gasteiger partial charge on any atom is 0.198 e. The van der Waals surface area contributed by atoms with E-state index in [1.54, 1.807) is 0 Å². The zero-order chi connectivity index (χ0) is 19.5. The van der Waals surface area contributed by atoms with E-state index in [4.69, 9.17) is 5.73 Å². The molecule has 0 rings (SSSR count). The maximum absolute atomic E-state index is 11.8. The molecule has 26 heavy (non-hydrogen) atoms. The van der Waals surface area contributed by atoms with E-state index in [1.807, 2.05) is 20.1 Å². The van der Waals surface area contributed by atoms with Gasteiger partial charge in [0.15, 0.2) is 6.29 Å². The molecule has 0 unspecified atom stereocenters. The van der Waals surface area contributed by atoms with Crippen molar-refractivity contribution in [3.05, 3.63) is 0 Å². The molecule has 2 N–H and O–H groups in total. The van der Waals surface area contributed by atoms with Crippen molar-refractivity contribution in [1.29, 1.82) is 0 Å². The van der Waals surface area contributed by atoms with Gasteiger partial charge in [-0.3, -0.25) is 9.59 Å². The van der Waals surface area contributed by atoms with E-state index in [1.165, 1.54) is 83.5 Å². The third-order valence-corrected chi connectivity index (χ3v) is 5.29. The molecule has 0 amide bonds. The van der Waals surface area contributed by atoms with E-state index >= 15 is 0 Å². The Morgan fingerprint density at radius 2 is 1.04 bits per heavy atom. The highest BCUT2D eigenvalue weighted by molar-refractivity contribution is 5.83. The second-order valence-corrected chi connectivity index (χ2v) is 8.18. The topological polar surface area (TPSA) is 60.2 Å². The lowest BCUT2D eigenvalue weighted by Gasteiger charge is -2.13. The van der Waals surface area contributed by atoms with Gasteiger partial charge in [-0.05, 0) is 18.8 Å². The van der Waals surface area contributed by atoms with E-state index < -0.39 is 0 Å². The van der Waals surface area contributed by atoms with Gasteiger partial charge in [0.1, 0.15) is 5.78 Å². The zero-order valence-corrected chi connectivity index (χ0v) is 17.6. The minimum absolute atomic E-state index is 0.236. The van der Waals surface area contributed by atoms with E-state index in [0.717, 1.165) is 12.8 Å². The molecule has 3 nitrogen and oxygen atoms in total. The number of rotatable bonds is 20. The maximum atomic E-state index is 11.8. The molecule has 0 heterocycles. The summed E-state index contributed by atoms with van der Waals surface area (Å²) in [4.78, 5) is 21.9. The number of hydrogen-bond acceptors (Lipinski definition) is 3. The summed E-state index contributed by atoms with van der Waals surface area (Å²) < 4.78 is 0. The van der Waals surface area contributed by atoms with Gasteiger partial charge in [0.2, 0.25) is 0 Å². The highest BCUT2D eigenvalue weighted by Crippen LogP contribution is 2.14. The molecule has 3 heteroatoms. The first-order valence-corrected chi connectivity index (χ1v) is 11.2. The Bertz CT molecular complexity index is 328. The van der Waals surface area contributed by atoms with Crippen LogP contribution in [0.5, 0.6) is 0 Å². The summed E-state index contributed by atoms with van der Waals surface area (Å²) in [6, 6.07) is -0.267. The molecule has 1 radical (unpaired) electrons. The molecule has 0 aliphatic rings. The molecule has 0 fully saturated rings. The van der Waals surface area contributed by atoms with Crippen LogP contribution in [0.25, 0.3) is 0 Å². The summed E-state index contributed by atoms with van der Waals surface area (Å²) in [5.41, 5.74) is 5.87. The molecular formula is C23H44NO2. The highest BCUT2D eigenvalue weighted by atomic mass is 16.1. The number of unbranched alkanes of at least 4 members (excludes halogenated alkanes) is 15. The van der Waals surface area contributed by atoms with Gasteiger partial charge in [0.05, 0.1) is 6.04 Å². The summed E-state index contributed by atoms with van der Waals surface area (Å²) in [6.45, 7) is 4.03. The Hall–Kier alpha value is -0.700. The third-order valence-electron chi connectivity index (χ3n) is 5.29. The quantitative estimate of drug-likeness (QED) is 0.258. The van der Waals surface area contributed by atoms with E-state index in [-0.39, 0.29) is 17.7 Å². The van der Waals surface area contributed by atoms with Crippen LogP contribution in [0.1, 0.15) is 123 Å². The largest absolute Gasteiger partial charge is 0.321 e. The standard InChI is InChI=1S/C23H44NO2/c1-21(2)23(24)22(26)19-17-15-13-11-9-7-5-3-4-6-8-10-12-14-16-18-20-25/h21,23H,3-19,24H2,1-2H3/t23-/m0/s1. The molecule has 0 aliphatic carbocycles. The van der Waals surface area contributed by atoms with Gasteiger partial charge in [-0.25, -0.2) is 0 Å². The number of nitrogens with two attached hydrogens (primary N) is 1. The minimum atomic E-state index is -0.267. The summed E-state index contributed by atoms with van der Waals surface area (Å²) in [5, 5.41) is 0. The van der Waals surface area contributed by atoms with Crippen LogP contribution in [0.4, 0.5) is 0 Å². The number of carbonyl (C=O) groups is 1. The average Bonchev–Trinajstić information content (AvgIpc) is 2.63. The lowest BCUT2D eigenvalue weighted by molar-refractivity contribution is -0.121. The van der Waals surface area contributed by atoms with Crippen molar-refractivity contribution in [1.82, 2.24) is 0 Å². The van der Waals surface area contributed by atoms with Crippen LogP contribution in [0.15, 0.2) is 0 Å². The summed E-state index contributed by atoms with van der Waals surface area (Å²) in [7, 11) is 0. The average molecular weight is 367 g/mol. The van der Waals surface area contributed by atoms with Crippen molar-refractivity contribution in [2.45, 2.75) is 129 Å². The minimum Gasteiger partial charge on any atom is -0.321 e. The molecule has 0 spiro atoms. The van der Waals surface area contributed by atoms with Crippen molar-refractivity contribution in [3.8, 4) is 0 Å². The third kappa shape index (κ3) is 16.8. The molecule has 0 aliphatic heterocycles. The van der Waals surface area contributed by atoms with Crippen LogP contribution in [0, 0.1) is 5.92 Å². The van der Waals surface area contributed by atoms with Crippen molar-refractivity contribution < 1.29 is 9.59 Å². The Morgan fingerprint density at radius 3 is 1.38 bits per heavy atom. The van der Waals surface area contributed by atoms with Crippen LogP contribution in [0.2, 0.25) is 0 Å². The lowest BCUT2D eigenvalue weighted by Crippen LogP contribution is -2.35. The monoisotopic (exact) mass is 366 g/mol. The number of ketones is 1. The Labute approximate surface area is 162 Å². The number of hydrogen-bond donors (Lipinski definition) is 1. The van der Waals surface area contributed by atoms with Gasteiger partial charge in [0.25, 0.3) is 0 Å². The molecule has 153 valence electrons. The first-order chi connectivity index (χ1) is 12.6. The van der Waals surface area contributed by atoms with Gasteiger partial charge in [-0.2, -0.15) is 0 Å². The lowest BCUT2D eigenvalue weighted by atomic mass is 9.97. The molecule has 1 atom stereocenters. The van der Waals surface area contributed by atoms with Gasteiger partial charge < -0.3 is 5.73 Å². The van der Waals surface area contributed by atoms with Gasteiger partial charge in [-0.15, -0.1) is 0 Å². The van der Waals surface area contributed by atoms with Gasteiger partial charge in [0, 0.05) is 12.8 Å². The predicted octanol–water partition coefficient (Wildman–Crippen LogP) is 6.28. The van der Waals surface area contributed by atoms with Crippen molar-refractivity contribution in [2.24, 2.45) is 11.7 Å². The van der Waals surface area contributed by atoms with Crippen molar-refractivity contribution >= 4 is 12.1 Å². The van der Waals surface area contributed by atoms with Crippen molar-refractivity contribution in [2.75, 3.05) is 0 Å². The summed E-state index contributed by atoms with van der Waals surface area (Å²) >= 11 is 0. The summed E-state index contributed by atoms with van der Waals surface area (Å²) in [6.07, 6.45) is 22.3. The zero-order valence-electron chi connectivity index (χ0n) is 17.6. The molecule has 0 saturated heterocycles. The second kappa shape index (κ2) is 19.1. The Balaban J connectivity index is 3.16. The first-order valence-electron chi connectivity index (χ1n) is 11.2. The molecule has 0 aromatic rings. The van der Waals surface area contributed by atoms with Crippen molar-refractivity contribution in [3.63, 3.8) is 0 Å². The van der Waals surface area contributed by atoms with Crippen LogP contribution in [-0.2, 0) is 9.59 Å². The molecule has 0 saturated carbocycles. The fraction of sp³-hybridized carbons (Fsp3) is 0.913. The Kier molecular flexibility index (Phi) is 18.6. The molecule has 0 bridgehead atoms.